The van der Waals surface area contributed by atoms with Gasteiger partial charge in [0.15, 0.2) is 0 Å². The van der Waals surface area contributed by atoms with Crippen molar-refractivity contribution in [2.45, 2.75) is 25.9 Å². The number of benzene rings is 3. The number of nitrogens with zero attached hydrogens (tertiary/aromatic N) is 4. The molecule has 3 aromatic rings. The molecule has 0 aliphatic carbocycles. The van der Waals surface area contributed by atoms with Crippen LogP contribution < -0.4 is 9.91 Å². The van der Waals surface area contributed by atoms with E-state index in [9.17, 15) is 4.79 Å². The van der Waals surface area contributed by atoms with Crippen LogP contribution in [0.4, 0.5) is 11.4 Å². The van der Waals surface area contributed by atoms with Crippen molar-refractivity contribution in [2.24, 2.45) is 10.5 Å². The SMILES string of the molecule is CC1=NN(c2ccc(Cl)cc2)C(=O)[C@]12Cc1ccccc1N1CCN(Cc3ccccc3)C[C@H]12. The number of hydrogen-bond donors (Lipinski definition) is 0. The summed E-state index contributed by atoms with van der Waals surface area (Å²) in [7, 11) is 0. The van der Waals surface area contributed by atoms with E-state index in [0.29, 0.717) is 11.4 Å². The van der Waals surface area contributed by atoms with Gasteiger partial charge >= 0.3 is 0 Å². The minimum atomic E-state index is -0.691. The molecule has 1 fully saturated rings. The number of fused-ring (bicyclic) bond motifs is 4. The van der Waals surface area contributed by atoms with Crippen molar-refractivity contribution < 1.29 is 4.79 Å². The van der Waals surface area contributed by atoms with Gasteiger partial charge in [-0.1, -0.05) is 60.1 Å². The first-order valence-corrected chi connectivity index (χ1v) is 12.2. The number of carbonyl (C=O) groups excluding carboxylic acids is 1. The number of hydrazone groups is 1. The summed E-state index contributed by atoms with van der Waals surface area (Å²) in [6.45, 7) is 5.57. The third-order valence-electron chi connectivity index (χ3n) is 7.59. The van der Waals surface area contributed by atoms with Gasteiger partial charge in [-0.25, -0.2) is 0 Å². The maximum Gasteiger partial charge on any atom is 0.261 e. The number of anilines is 2. The highest BCUT2D eigenvalue weighted by molar-refractivity contribution is 6.30. The molecule has 1 saturated heterocycles. The summed E-state index contributed by atoms with van der Waals surface area (Å²) in [6, 6.07) is 26.5. The first kappa shape index (κ1) is 21.4. The fourth-order valence-corrected chi connectivity index (χ4v) is 5.99. The molecule has 0 unspecified atom stereocenters. The molecule has 3 aliphatic rings. The molecule has 0 aromatic heterocycles. The average molecular weight is 471 g/mol. The Labute approximate surface area is 205 Å². The number of rotatable bonds is 3. The molecule has 2 atom stereocenters. The lowest BCUT2D eigenvalue weighted by molar-refractivity contribution is -0.125. The molecule has 5 nitrogen and oxygen atoms in total. The van der Waals surface area contributed by atoms with Crippen molar-refractivity contribution in [3.8, 4) is 0 Å². The quantitative estimate of drug-likeness (QED) is 0.541. The predicted molar refractivity (Wildman–Crippen MR) is 137 cm³/mol. The van der Waals surface area contributed by atoms with Gasteiger partial charge in [-0.2, -0.15) is 10.1 Å². The van der Waals surface area contributed by atoms with E-state index in [2.05, 4.69) is 64.4 Å². The largest absolute Gasteiger partial charge is 0.364 e. The van der Waals surface area contributed by atoms with Crippen LogP contribution in [-0.4, -0.2) is 42.2 Å². The summed E-state index contributed by atoms with van der Waals surface area (Å²) in [5, 5.41) is 7.07. The van der Waals surface area contributed by atoms with Gasteiger partial charge in [-0.05, 0) is 54.8 Å². The van der Waals surface area contributed by atoms with E-state index in [4.69, 9.17) is 16.7 Å². The van der Waals surface area contributed by atoms with Crippen LogP contribution in [0.1, 0.15) is 18.1 Å². The summed E-state index contributed by atoms with van der Waals surface area (Å²) >= 11 is 6.10. The van der Waals surface area contributed by atoms with E-state index in [-0.39, 0.29) is 11.9 Å². The summed E-state index contributed by atoms with van der Waals surface area (Å²) in [5.74, 6) is 0.0541. The van der Waals surface area contributed by atoms with E-state index >= 15 is 0 Å². The van der Waals surface area contributed by atoms with Gasteiger partial charge in [-0.3, -0.25) is 9.69 Å². The van der Waals surface area contributed by atoms with Crippen molar-refractivity contribution in [1.29, 1.82) is 0 Å². The Morgan fingerprint density at radius 1 is 0.971 bits per heavy atom. The minimum absolute atomic E-state index is 0.0217. The highest BCUT2D eigenvalue weighted by Gasteiger charge is 2.59. The lowest BCUT2D eigenvalue weighted by atomic mass is 9.67. The number of para-hydroxylation sites is 1. The molecule has 3 aromatic carbocycles. The molecular formula is C28H27ClN4O. The monoisotopic (exact) mass is 470 g/mol. The molecular weight excluding hydrogens is 444 g/mol. The first-order chi connectivity index (χ1) is 16.6. The molecule has 34 heavy (non-hydrogen) atoms. The summed E-state index contributed by atoms with van der Waals surface area (Å²) < 4.78 is 0. The smallest absolute Gasteiger partial charge is 0.261 e. The summed E-state index contributed by atoms with van der Waals surface area (Å²) in [4.78, 5) is 19.2. The Hall–Kier alpha value is -3.15. The van der Waals surface area contributed by atoms with Gasteiger partial charge in [0.2, 0.25) is 0 Å². The molecule has 3 aliphatic heterocycles. The molecule has 1 amide bonds. The number of carbonyl (C=O) groups is 1. The van der Waals surface area contributed by atoms with Gasteiger partial charge in [0.1, 0.15) is 5.41 Å². The van der Waals surface area contributed by atoms with E-state index in [1.165, 1.54) is 16.8 Å². The van der Waals surface area contributed by atoms with E-state index in [1.807, 2.05) is 31.2 Å². The highest BCUT2D eigenvalue weighted by Crippen LogP contribution is 2.48. The molecule has 0 saturated carbocycles. The van der Waals surface area contributed by atoms with Gasteiger partial charge in [-0.15, -0.1) is 0 Å². The molecule has 0 N–H and O–H groups in total. The van der Waals surface area contributed by atoms with Crippen LogP contribution in [0, 0.1) is 5.41 Å². The molecule has 172 valence electrons. The zero-order valence-corrected chi connectivity index (χ0v) is 19.9. The van der Waals surface area contributed by atoms with Crippen molar-refractivity contribution in [1.82, 2.24) is 4.90 Å². The lowest BCUT2D eigenvalue weighted by Crippen LogP contribution is -2.66. The van der Waals surface area contributed by atoms with Gasteiger partial charge < -0.3 is 4.90 Å². The van der Waals surface area contributed by atoms with Crippen LogP contribution in [0.5, 0.6) is 0 Å². The van der Waals surface area contributed by atoms with Gasteiger partial charge in [0, 0.05) is 36.9 Å². The van der Waals surface area contributed by atoms with Crippen molar-refractivity contribution >= 4 is 34.6 Å². The third kappa shape index (κ3) is 3.34. The van der Waals surface area contributed by atoms with Crippen molar-refractivity contribution in [3.63, 3.8) is 0 Å². The van der Waals surface area contributed by atoms with Crippen molar-refractivity contribution in [3.05, 3.63) is 95.0 Å². The topological polar surface area (TPSA) is 39.2 Å². The molecule has 0 bridgehead atoms. The third-order valence-corrected chi connectivity index (χ3v) is 7.85. The lowest BCUT2D eigenvalue weighted by Gasteiger charge is -2.53. The van der Waals surface area contributed by atoms with Crippen LogP contribution in [0.15, 0.2) is 84.0 Å². The van der Waals surface area contributed by atoms with Crippen LogP contribution in [-0.2, 0) is 17.8 Å². The Morgan fingerprint density at radius 2 is 1.71 bits per heavy atom. The van der Waals surface area contributed by atoms with Crippen LogP contribution in [0.25, 0.3) is 0 Å². The first-order valence-electron chi connectivity index (χ1n) is 11.8. The van der Waals surface area contributed by atoms with E-state index < -0.39 is 5.41 Å². The number of amides is 1. The Balaban J connectivity index is 1.39. The second-order valence-electron chi connectivity index (χ2n) is 9.49. The van der Waals surface area contributed by atoms with Crippen LogP contribution in [0.2, 0.25) is 5.02 Å². The molecule has 6 heteroatoms. The van der Waals surface area contributed by atoms with Crippen LogP contribution >= 0.6 is 11.6 Å². The maximum atomic E-state index is 14.2. The number of piperazine rings is 1. The predicted octanol–water partition coefficient (Wildman–Crippen LogP) is 5.00. The summed E-state index contributed by atoms with van der Waals surface area (Å²) in [5.41, 5.74) is 4.72. The highest BCUT2D eigenvalue weighted by atomic mass is 35.5. The minimum Gasteiger partial charge on any atom is -0.364 e. The second-order valence-corrected chi connectivity index (χ2v) is 9.92. The fourth-order valence-electron chi connectivity index (χ4n) is 5.87. The Kier molecular flexibility index (Phi) is 5.19. The average Bonchev–Trinajstić information content (AvgIpc) is 3.11. The normalized spacial score (nSPS) is 24.2. The maximum absolute atomic E-state index is 14.2. The fraction of sp³-hybridized carbons (Fsp3) is 0.286. The molecule has 0 radical (unpaired) electrons. The zero-order chi connectivity index (χ0) is 23.3. The van der Waals surface area contributed by atoms with Gasteiger partial charge in [0.05, 0.1) is 17.4 Å². The van der Waals surface area contributed by atoms with E-state index in [0.717, 1.165) is 37.6 Å². The van der Waals surface area contributed by atoms with Gasteiger partial charge in [0.25, 0.3) is 5.91 Å². The number of halogens is 1. The second kappa shape index (κ2) is 8.26. The number of hydrogen-bond acceptors (Lipinski definition) is 4. The molecule has 6 rings (SSSR count). The van der Waals surface area contributed by atoms with E-state index in [1.54, 1.807) is 5.01 Å². The zero-order valence-electron chi connectivity index (χ0n) is 19.2. The van der Waals surface area contributed by atoms with Crippen LogP contribution in [0.3, 0.4) is 0 Å². The summed E-state index contributed by atoms with van der Waals surface area (Å²) in [6.07, 6.45) is 0.668. The van der Waals surface area contributed by atoms with Crippen molar-refractivity contribution in [2.75, 3.05) is 29.5 Å². The standard InChI is InChI=1S/C28H27ClN4O/c1-20-28(27(34)33(30-20)24-13-11-23(29)12-14-24)17-22-9-5-6-10-25(22)32-16-15-31(19-26(28)32)18-21-7-3-2-4-8-21/h2-14,26H,15-19H2,1H3/t26-,28+/m0/s1. The molecule has 1 spiro atoms. The molecule has 3 heterocycles. The Morgan fingerprint density at radius 3 is 2.50 bits per heavy atom. The Bertz CT molecular complexity index is 1260.